The van der Waals surface area contributed by atoms with E-state index in [2.05, 4.69) is 45.1 Å². The Hall–Kier alpha value is -2.97. The van der Waals surface area contributed by atoms with Gasteiger partial charge in [0.2, 0.25) is 0 Å². The molecule has 28 heavy (non-hydrogen) atoms. The summed E-state index contributed by atoms with van der Waals surface area (Å²) in [6.07, 6.45) is 4.17. The first-order valence-corrected chi connectivity index (χ1v) is 10.00. The van der Waals surface area contributed by atoms with Crippen LogP contribution in [0.1, 0.15) is 18.4 Å². The fourth-order valence-electron chi connectivity index (χ4n) is 3.84. The van der Waals surface area contributed by atoms with Crippen LogP contribution in [0.4, 0.5) is 5.69 Å². The van der Waals surface area contributed by atoms with Crippen LogP contribution in [0, 0.1) is 11.3 Å². The van der Waals surface area contributed by atoms with E-state index >= 15 is 0 Å². The maximum atomic E-state index is 8.93. The van der Waals surface area contributed by atoms with Crippen molar-refractivity contribution in [2.24, 2.45) is 0 Å². The molecule has 0 radical (unpaired) electrons. The molecule has 1 N–H and O–H groups in total. The molecular weight excluding hydrogens is 348 g/mol. The lowest BCUT2D eigenvalue weighted by Crippen LogP contribution is -2.46. The fourth-order valence-corrected chi connectivity index (χ4v) is 3.84. The van der Waals surface area contributed by atoms with Gasteiger partial charge in [-0.25, -0.2) is 0 Å². The lowest BCUT2D eigenvalue weighted by molar-refractivity contribution is 0.239. The summed E-state index contributed by atoms with van der Waals surface area (Å²) in [7, 11) is 0. The van der Waals surface area contributed by atoms with Gasteiger partial charge in [0.1, 0.15) is 5.75 Å². The number of benzene rings is 2. The van der Waals surface area contributed by atoms with E-state index < -0.39 is 0 Å². The van der Waals surface area contributed by atoms with Gasteiger partial charge in [0.05, 0.1) is 18.2 Å². The van der Waals surface area contributed by atoms with Crippen LogP contribution in [-0.2, 0) is 0 Å². The second kappa shape index (κ2) is 8.81. The predicted molar refractivity (Wildman–Crippen MR) is 113 cm³/mol. The molecule has 0 aliphatic carbocycles. The molecule has 0 bridgehead atoms. The van der Waals surface area contributed by atoms with Gasteiger partial charge in [0.15, 0.2) is 0 Å². The predicted octanol–water partition coefficient (Wildman–Crippen LogP) is 4.02. The first kappa shape index (κ1) is 18.4. The number of rotatable bonds is 7. The molecule has 2 aromatic carbocycles. The highest BCUT2D eigenvalue weighted by atomic mass is 16.5. The molecule has 1 aromatic heterocycles. The third-order valence-corrected chi connectivity index (χ3v) is 5.39. The van der Waals surface area contributed by atoms with E-state index in [0.29, 0.717) is 12.2 Å². The van der Waals surface area contributed by atoms with Gasteiger partial charge in [-0.1, -0.05) is 12.1 Å². The van der Waals surface area contributed by atoms with Gasteiger partial charge in [-0.2, -0.15) is 5.26 Å². The van der Waals surface area contributed by atoms with Crippen molar-refractivity contribution in [3.63, 3.8) is 0 Å². The molecule has 0 atom stereocenters. The number of hydrogen-bond acceptors (Lipinski definition) is 4. The highest BCUT2D eigenvalue weighted by Gasteiger charge is 2.18. The largest absolute Gasteiger partial charge is 0.494 e. The summed E-state index contributed by atoms with van der Waals surface area (Å²) in [4.78, 5) is 8.34. The SMILES string of the molecule is N#Cc1cccc(OCCCCN2CCN(c3cccc4[nH]ccc34)CC2)c1. The van der Waals surface area contributed by atoms with Gasteiger partial charge in [0.25, 0.3) is 0 Å². The van der Waals surface area contributed by atoms with Gasteiger partial charge in [0, 0.05) is 49.0 Å². The summed E-state index contributed by atoms with van der Waals surface area (Å²) in [6, 6.07) is 18.2. The first-order chi connectivity index (χ1) is 13.8. The van der Waals surface area contributed by atoms with Gasteiger partial charge in [-0.3, -0.25) is 4.90 Å². The monoisotopic (exact) mass is 374 g/mol. The zero-order valence-corrected chi connectivity index (χ0v) is 16.1. The number of nitriles is 1. The molecule has 0 unspecified atom stereocenters. The van der Waals surface area contributed by atoms with Crippen LogP contribution in [0.25, 0.3) is 10.9 Å². The highest BCUT2D eigenvalue weighted by molar-refractivity contribution is 5.92. The van der Waals surface area contributed by atoms with Crippen LogP contribution >= 0.6 is 0 Å². The maximum absolute atomic E-state index is 8.93. The molecular formula is C23H26N4O. The molecule has 3 aromatic rings. The van der Waals surface area contributed by atoms with E-state index in [1.165, 1.54) is 16.6 Å². The molecule has 144 valence electrons. The van der Waals surface area contributed by atoms with Gasteiger partial charge in [-0.15, -0.1) is 0 Å². The van der Waals surface area contributed by atoms with Crippen LogP contribution in [0.3, 0.4) is 0 Å². The Morgan fingerprint density at radius 3 is 2.71 bits per heavy atom. The molecule has 5 heteroatoms. The number of nitrogens with zero attached hydrogens (tertiary/aromatic N) is 3. The number of aromatic nitrogens is 1. The van der Waals surface area contributed by atoms with Crippen molar-refractivity contribution in [3.8, 4) is 11.8 Å². The fraction of sp³-hybridized carbons (Fsp3) is 0.348. The van der Waals surface area contributed by atoms with Crippen molar-refractivity contribution >= 4 is 16.6 Å². The highest BCUT2D eigenvalue weighted by Crippen LogP contribution is 2.27. The summed E-state index contributed by atoms with van der Waals surface area (Å²) in [5.74, 6) is 0.784. The minimum Gasteiger partial charge on any atom is -0.494 e. The lowest BCUT2D eigenvalue weighted by Gasteiger charge is -2.36. The summed E-state index contributed by atoms with van der Waals surface area (Å²) in [5.41, 5.74) is 3.19. The molecule has 1 saturated heterocycles. The number of ether oxygens (including phenoxy) is 1. The average molecular weight is 374 g/mol. The van der Waals surface area contributed by atoms with Crippen molar-refractivity contribution in [1.82, 2.24) is 9.88 Å². The quantitative estimate of drug-likeness (QED) is 0.635. The van der Waals surface area contributed by atoms with Crippen molar-refractivity contribution in [1.29, 1.82) is 5.26 Å². The number of aromatic amines is 1. The van der Waals surface area contributed by atoms with Crippen molar-refractivity contribution in [3.05, 3.63) is 60.3 Å². The number of piperazine rings is 1. The van der Waals surface area contributed by atoms with E-state index in [0.717, 1.165) is 51.3 Å². The van der Waals surface area contributed by atoms with E-state index in [9.17, 15) is 0 Å². The summed E-state index contributed by atoms with van der Waals surface area (Å²) in [5, 5.41) is 10.2. The van der Waals surface area contributed by atoms with Crippen molar-refractivity contribution < 1.29 is 4.74 Å². The van der Waals surface area contributed by atoms with Crippen LogP contribution in [0.5, 0.6) is 5.75 Å². The van der Waals surface area contributed by atoms with Crippen molar-refractivity contribution in [2.45, 2.75) is 12.8 Å². The number of H-pyrrole nitrogens is 1. The molecule has 5 nitrogen and oxygen atoms in total. The second-order valence-corrected chi connectivity index (χ2v) is 7.24. The topological polar surface area (TPSA) is 55.3 Å². The Balaban J connectivity index is 1.18. The Bertz CT molecular complexity index is 950. The molecule has 1 fully saturated rings. The standard InChI is InChI=1S/C23H26N4O/c24-18-19-5-3-6-20(17-19)28-16-2-1-11-26-12-14-27(15-13-26)23-8-4-7-22-21(23)9-10-25-22/h3-10,17,25H,1-2,11-16H2. The van der Waals surface area contributed by atoms with Crippen LogP contribution < -0.4 is 9.64 Å². The Morgan fingerprint density at radius 1 is 1.00 bits per heavy atom. The normalized spacial score (nSPS) is 14.9. The maximum Gasteiger partial charge on any atom is 0.120 e. The Kier molecular flexibility index (Phi) is 5.79. The zero-order valence-electron chi connectivity index (χ0n) is 16.1. The third kappa shape index (κ3) is 4.29. The number of nitrogens with one attached hydrogen (secondary N) is 1. The molecule has 2 heterocycles. The molecule has 0 spiro atoms. The molecule has 0 saturated carbocycles. The zero-order chi connectivity index (χ0) is 19.2. The smallest absolute Gasteiger partial charge is 0.120 e. The van der Waals surface area contributed by atoms with Crippen LogP contribution in [-0.4, -0.2) is 49.2 Å². The number of unbranched alkanes of at least 4 members (excludes halogenated alkanes) is 1. The minimum absolute atomic E-state index is 0.644. The average Bonchev–Trinajstić information content (AvgIpc) is 3.23. The first-order valence-electron chi connectivity index (χ1n) is 10.00. The summed E-state index contributed by atoms with van der Waals surface area (Å²) >= 11 is 0. The second-order valence-electron chi connectivity index (χ2n) is 7.24. The van der Waals surface area contributed by atoms with Crippen LogP contribution in [0.2, 0.25) is 0 Å². The van der Waals surface area contributed by atoms with E-state index in [1.807, 2.05) is 18.3 Å². The van der Waals surface area contributed by atoms with E-state index in [-0.39, 0.29) is 0 Å². The minimum atomic E-state index is 0.644. The van der Waals surface area contributed by atoms with E-state index in [1.54, 1.807) is 12.1 Å². The third-order valence-electron chi connectivity index (χ3n) is 5.39. The molecule has 4 rings (SSSR count). The number of fused-ring (bicyclic) bond motifs is 1. The Labute approximate surface area is 166 Å². The van der Waals surface area contributed by atoms with Crippen molar-refractivity contribution in [2.75, 3.05) is 44.2 Å². The summed E-state index contributed by atoms with van der Waals surface area (Å²) < 4.78 is 5.77. The molecule has 1 aliphatic rings. The number of hydrogen-bond donors (Lipinski definition) is 1. The summed E-state index contributed by atoms with van der Waals surface area (Å²) in [6.45, 7) is 6.16. The Morgan fingerprint density at radius 2 is 1.86 bits per heavy atom. The lowest BCUT2D eigenvalue weighted by atomic mass is 10.1. The number of anilines is 1. The molecule has 0 amide bonds. The van der Waals surface area contributed by atoms with Crippen LogP contribution in [0.15, 0.2) is 54.7 Å². The van der Waals surface area contributed by atoms with Gasteiger partial charge >= 0.3 is 0 Å². The van der Waals surface area contributed by atoms with Gasteiger partial charge in [-0.05, 0) is 55.8 Å². The van der Waals surface area contributed by atoms with E-state index in [4.69, 9.17) is 10.00 Å². The van der Waals surface area contributed by atoms with Gasteiger partial charge < -0.3 is 14.6 Å². The molecule has 1 aliphatic heterocycles.